The lowest BCUT2D eigenvalue weighted by atomic mass is 10.0. The molecular weight excluding hydrogens is 224 g/mol. The van der Waals surface area contributed by atoms with E-state index < -0.39 is 24.0 Å². The molecule has 0 bridgehead atoms. The van der Waals surface area contributed by atoms with Crippen molar-refractivity contribution in [1.82, 2.24) is 0 Å². The zero-order valence-corrected chi connectivity index (χ0v) is 9.38. The summed E-state index contributed by atoms with van der Waals surface area (Å²) >= 11 is 0. The van der Waals surface area contributed by atoms with Gasteiger partial charge in [-0.2, -0.15) is 0 Å². The molecule has 7 heteroatoms. The van der Waals surface area contributed by atoms with Crippen LogP contribution in [0.4, 0.5) is 0 Å². The van der Waals surface area contributed by atoms with E-state index in [2.05, 4.69) is 4.74 Å². The van der Waals surface area contributed by atoms with E-state index in [0.29, 0.717) is 6.42 Å². The van der Waals surface area contributed by atoms with Gasteiger partial charge in [-0.1, -0.05) is 13.3 Å². The van der Waals surface area contributed by atoms with Crippen molar-refractivity contribution in [2.45, 2.75) is 25.3 Å². The summed E-state index contributed by atoms with van der Waals surface area (Å²) < 4.78 is 4.68. The summed E-state index contributed by atoms with van der Waals surface area (Å²) in [5.74, 6) is -2.46. The minimum absolute atomic E-state index is 0. The predicted octanol–water partition coefficient (Wildman–Crippen LogP) is -0.508. The number of hydrogen-bond acceptors (Lipinski definition) is 5. The fourth-order valence-corrected chi connectivity index (χ4v) is 0.696. The molecule has 0 aliphatic carbocycles. The molecule has 0 aliphatic rings. The van der Waals surface area contributed by atoms with E-state index in [9.17, 15) is 9.59 Å². The Bertz CT molecular complexity index is 225. The van der Waals surface area contributed by atoms with E-state index in [4.69, 9.17) is 16.6 Å². The second-order valence-electron chi connectivity index (χ2n) is 2.97. The van der Waals surface area contributed by atoms with Gasteiger partial charge in [0.2, 0.25) is 5.54 Å². The smallest absolute Gasteiger partial charge is 0.339 e. The maximum absolute atomic E-state index is 11.2. The van der Waals surface area contributed by atoms with Crippen molar-refractivity contribution in [3.63, 3.8) is 0 Å². The maximum Gasteiger partial charge on any atom is 0.339 e. The minimum Gasteiger partial charge on any atom is -0.479 e. The monoisotopic (exact) mass is 240 g/mol. The molecule has 0 rings (SSSR count). The molecule has 0 aromatic carbocycles. The van der Waals surface area contributed by atoms with Crippen LogP contribution in [0.25, 0.3) is 0 Å². The standard InChI is InChI=1S/C8H16N2O4.ClH/c1-2-3-4-14-7(13)8(10,5-9)6(11)12;/h2-5,9-10H2,1H3,(H,11,12);1H. The van der Waals surface area contributed by atoms with E-state index in [1.54, 1.807) is 0 Å². The normalized spacial score (nSPS) is 13.5. The lowest BCUT2D eigenvalue weighted by molar-refractivity contribution is -0.160. The van der Waals surface area contributed by atoms with Crippen molar-refractivity contribution in [3.8, 4) is 0 Å². The van der Waals surface area contributed by atoms with Crippen LogP contribution in [-0.4, -0.2) is 35.7 Å². The summed E-state index contributed by atoms with van der Waals surface area (Å²) in [4.78, 5) is 21.8. The molecule has 1 unspecified atom stereocenters. The summed E-state index contributed by atoms with van der Waals surface area (Å²) in [5.41, 5.74) is 8.26. The fourth-order valence-electron chi connectivity index (χ4n) is 0.696. The Morgan fingerprint density at radius 1 is 1.47 bits per heavy atom. The van der Waals surface area contributed by atoms with Gasteiger partial charge in [0, 0.05) is 6.54 Å². The van der Waals surface area contributed by atoms with Crippen LogP contribution >= 0.6 is 12.4 Å². The molecule has 6 nitrogen and oxygen atoms in total. The van der Waals surface area contributed by atoms with Crippen LogP contribution in [-0.2, 0) is 14.3 Å². The SMILES string of the molecule is CCCCOC(=O)C(N)(CN)C(=O)O.Cl. The van der Waals surface area contributed by atoms with Gasteiger partial charge in [0.1, 0.15) is 0 Å². The summed E-state index contributed by atoms with van der Waals surface area (Å²) in [6.45, 7) is 1.61. The van der Waals surface area contributed by atoms with Crippen LogP contribution in [0.2, 0.25) is 0 Å². The largest absolute Gasteiger partial charge is 0.479 e. The van der Waals surface area contributed by atoms with Crippen molar-refractivity contribution in [2.24, 2.45) is 11.5 Å². The van der Waals surface area contributed by atoms with Crippen molar-refractivity contribution in [3.05, 3.63) is 0 Å². The summed E-state index contributed by atoms with van der Waals surface area (Å²) in [6.07, 6.45) is 1.52. The Hall–Kier alpha value is -0.850. The lowest BCUT2D eigenvalue weighted by Gasteiger charge is -2.20. The Kier molecular flexibility index (Phi) is 8.22. The average molecular weight is 241 g/mol. The summed E-state index contributed by atoms with van der Waals surface area (Å²) in [7, 11) is 0. The number of rotatable bonds is 6. The Morgan fingerprint density at radius 2 is 2.00 bits per heavy atom. The number of esters is 1. The maximum atomic E-state index is 11.2. The van der Waals surface area contributed by atoms with Crippen molar-refractivity contribution < 1.29 is 19.4 Å². The number of nitrogens with two attached hydrogens (primary N) is 2. The molecule has 0 saturated carbocycles. The van der Waals surface area contributed by atoms with Crippen LogP contribution in [0.3, 0.4) is 0 Å². The zero-order valence-electron chi connectivity index (χ0n) is 8.56. The topological polar surface area (TPSA) is 116 Å². The Morgan fingerprint density at radius 3 is 2.33 bits per heavy atom. The Balaban J connectivity index is 0. The molecule has 0 fully saturated rings. The molecule has 5 N–H and O–H groups in total. The highest BCUT2D eigenvalue weighted by molar-refractivity contribution is 6.04. The molecule has 90 valence electrons. The van der Waals surface area contributed by atoms with Crippen LogP contribution in [0.1, 0.15) is 19.8 Å². The number of halogens is 1. The van der Waals surface area contributed by atoms with Gasteiger partial charge >= 0.3 is 11.9 Å². The molecule has 0 heterocycles. The van der Waals surface area contributed by atoms with Gasteiger partial charge in [-0.05, 0) is 6.42 Å². The van der Waals surface area contributed by atoms with Gasteiger partial charge in [0.15, 0.2) is 0 Å². The zero-order chi connectivity index (χ0) is 11.2. The molecule has 0 saturated heterocycles. The molecule has 0 aromatic rings. The van der Waals surface area contributed by atoms with Gasteiger partial charge in [-0.15, -0.1) is 12.4 Å². The van der Waals surface area contributed by atoms with E-state index in [1.807, 2.05) is 6.92 Å². The lowest BCUT2D eigenvalue weighted by Crippen LogP contribution is -2.60. The first-order chi connectivity index (χ1) is 6.49. The number of unbranched alkanes of at least 4 members (excludes halogenated alkanes) is 1. The van der Waals surface area contributed by atoms with Gasteiger partial charge < -0.3 is 21.3 Å². The molecule has 0 amide bonds. The predicted molar refractivity (Wildman–Crippen MR) is 56.7 cm³/mol. The van der Waals surface area contributed by atoms with Crippen molar-refractivity contribution in [2.75, 3.05) is 13.2 Å². The molecule has 0 spiro atoms. The molecule has 1 atom stereocenters. The molecule has 15 heavy (non-hydrogen) atoms. The van der Waals surface area contributed by atoms with Gasteiger partial charge in [0.05, 0.1) is 6.61 Å². The van der Waals surface area contributed by atoms with E-state index >= 15 is 0 Å². The van der Waals surface area contributed by atoms with E-state index in [1.165, 1.54) is 0 Å². The first-order valence-corrected chi connectivity index (χ1v) is 4.38. The third-order valence-electron chi connectivity index (χ3n) is 1.80. The second kappa shape index (κ2) is 7.44. The number of carboxylic acids is 1. The molecule has 0 aliphatic heterocycles. The molecular formula is C8H17ClN2O4. The van der Waals surface area contributed by atoms with E-state index in [0.717, 1.165) is 6.42 Å². The number of hydrogen-bond donors (Lipinski definition) is 3. The van der Waals surface area contributed by atoms with Gasteiger partial charge in [-0.3, -0.25) is 0 Å². The first kappa shape index (κ1) is 16.6. The van der Waals surface area contributed by atoms with Gasteiger partial charge in [0.25, 0.3) is 0 Å². The highest BCUT2D eigenvalue weighted by atomic mass is 35.5. The molecule has 0 radical (unpaired) electrons. The van der Waals surface area contributed by atoms with Crippen LogP contribution in [0, 0.1) is 0 Å². The quantitative estimate of drug-likeness (QED) is 0.327. The number of aliphatic carboxylic acids is 1. The van der Waals surface area contributed by atoms with Crippen LogP contribution < -0.4 is 11.5 Å². The fraction of sp³-hybridized carbons (Fsp3) is 0.750. The van der Waals surface area contributed by atoms with Crippen LogP contribution in [0.5, 0.6) is 0 Å². The van der Waals surface area contributed by atoms with Gasteiger partial charge in [-0.25, -0.2) is 9.59 Å². The third kappa shape index (κ3) is 4.46. The second-order valence-corrected chi connectivity index (χ2v) is 2.97. The number of carboxylic acid groups (broad SMARTS) is 1. The first-order valence-electron chi connectivity index (χ1n) is 4.38. The molecule has 0 aromatic heterocycles. The highest BCUT2D eigenvalue weighted by Crippen LogP contribution is 2.03. The number of carbonyl (C=O) groups is 2. The number of carbonyl (C=O) groups excluding carboxylic acids is 1. The Labute approximate surface area is 94.4 Å². The number of ether oxygens (including phenoxy) is 1. The van der Waals surface area contributed by atoms with Crippen molar-refractivity contribution in [1.29, 1.82) is 0 Å². The minimum atomic E-state index is -2.12. The summed E-state index contributed by atoms with van der Waals surface area (Å²) in [5, 5.41) is 8.65. The van der Waals surface area contributed by atoms with Crippen LogP contribution in [0.15, 0.2) is 0 Å². The average Bonchev–Trinajstić information content (AvgIpc) is 2.16. The highest BCUT2D eigenvalue weighted by Gasteiger charge is 2.42. The third-order valence-corrected chi connectivity index (χ3v) is 1.80. The van der Waals surface area contributed by atoms with Crippen molar-refractivity contribution >= 4 is 24.3 Å². The van der Waals surface area contributed by atoms with E-state index in [-0.39, 0.29) is 19.0 Å². The summed E-state index contributed by atoms with van der Waals surface area (Å²) in [6, 6.07) is 0.